The molecule has 3 nitrogen and oxygen atoms in total. The van der Waals surface area contributed by atoms with E-state index in [9.17, 15) is 8.78 Å². The number of hydrogen-bond donors (Lipinski definition) is 2. The topological polar surface area (TPSA) is 54.7 Å². The number of nitrogen functional groups attached to an aromatic ring is 1. The predicted octanol–water partition coefficient (Wildman–Crippen LogP) is 4.26. The molecule has 0 aliphatic carbocycles. The van der Waals surface area contributed by atoms with Crippen LogP contribution < -0.4 is 5.73 Å². The number of aromatic amines is 1. The molecule has 1 aromatic heterocycles. The number of nitrogens with two attached hydrogens (primary N) is 1. The number of anilines is 1. The Bertz CT molecular complexity index is 814. The van der Waals surface area contributed by atoms with Crippen molar-refractivity contribution in [3.63, 3.8) is 0 Å². The van der Waals surface area contributed by atoms with Crippen LogP contribution in [-0.4, -0.2) is 10.2 Å². The molecule has 0 aliphatic heterocycles. The Morgan fingerprint density at radius 2 is 1.90 bits per heavy atom. The first-order valence-corrected chi connectivity index (χ1v) is 6.49. The zero-order valence-corrected chi connectivity index (χ0v) is 11.5. The van der Waals surface area contributed by atoms with E-state index in [-0.39, 0.29) is 11.4 Å². The second-order valence-corrected chi connectivity index (χ2v) is 4.93. The molecule has 0 aliphatic rings. The van der Waals surface area contributed by atoms with Gasteiger partial charge < -0.3 is 5.73 Å². The van der Waals surface area contributed by atoms with Crippen molar-refractivity contribution in [1.82, 2.24) is 10.2 Å². The SMILES string of the molecule is Nc1n[nH]c(-c2cccc(Cl)c2)c1-c1ccc(F)cc1F. The summed E-state index contributed by atoms with van der Waals surface area (Å²) in [6.45, 7) is 0. The van der Waals surface area contributed by atoms with Crippen molar-refractivity contribution in [2.75, 3.05) is 5.73 Å². The molecule has 0 radical (unpaired) electrons. The van der Waals surface area contributed by atoms with Crippen LogP contribution in [0.5, 0.6) is 0 Å². The van der Waals surface area contributed by atoms with E-state index in [0.29, 0.717) is 21.8 Å². The van der Waals surface area contributed by atoms with Crippen LogP contribution in [0.1, 0.15) is 0 Å². The van der Waals surface area contributed by atoms with Gasteiger partial charge in [0.05, 0.1) is 11.3 Å². The third-order valence-corrected chi connectivity index (χ3v) is 3.34. The van der Waals surface area contributed by atoms with Crippen LogP contribution in [0.4, 0.5) is 14.6 Å². The third kappa shape index (κ3) is 2.48. The van der Waals surface area contributed by atoms with Crippen LogP contribution in [-0.2, 0) is 0 Å². The van der Waals surface area contributed by atoms with Gasteiger partial charge in [-0.05, 0) is 24.3 Å². The molecule has 21 heavy (non-hydrogen) atoms. The summed E-state index contributed by atoms with van der Waals surface area (Å²) < 4.78 is 27.1. The molecule has 0 spiro atoms. The molecule has 3 N–H and O–H groups in total. The van der Waals surface area contributed by atoms with E-state index in [4.69, 9.17) is 17.3 Å². The number of aromatic nitrogens is 2. The second kappa shape index (κ2) is 5.18. The minimum Gasteiger partial charge on any atom is -0.382 e. The van der Waals surface area contributed by atoms with Gasteiger partial charge in [-0.15, -0.1) is 0 Å². The van der Waals surface area contributed by atoms with Gasteiger partial charge >= 0.3 is 0 Å². The van der Waals surface area contributed by atoms with Crippen molar-refractivity contribution in [1.29, 1.82) is 0 Å². The molecule has 1 heterocycles. The maximum absolute atomic E-state index is 14.0. The fourth-order valence-corrected chi connectivity index (χ4v) is 2.36. The lowest BCUT2D eigenvalue weighted by molar-refractivity contribution is 0.585. The van der Waals surface area contributed by atoms with Crippen LogP contribution in [0.15, 0.2) is 42.5 Å². The van der Waals surface area contributed by atoms with Crippen molar-refractivity contribution < 1.29 is 8.78 Å². The molecule has 3 aromatic rings. The summed E-state index contributed by atoms with van der Waals surface area (Å²) in [7, 11) is 0. The van der Waals surface area contributed by atoms with Crippen LogP contribution in [0.2, 0.25) is 5.02 Å². The van der Waals surface area contributed by atoms with E-state index in [1.54, 1.807) is 24.3 Å². The lowest BCUT2D eigenvalue weighted by Crippen LogP contribution is -1.92. The highest BCUT2D eigenvalue weighted by Gasteiger charge is 2.18. The Balaban J connectivity index is 2.22. The summed E-state index contributed by atoms with van der Waals surface area (Å²) in [5, 5.41) is 7.21. The Labute approximate surface area is 124 Å². The van der Waals surface area contributed by atoms with Crippen molar-refractivity contribution in [3.8, 4) is 22.4 Å². The third-order valence-electron chi connectivity index (χ3n) is 3.11. The average Bonchev–Trinajstić information content (AvgIpc) is 2.81. The Morgan fingerprint density at radius 3 is 2.62 bits per heavy atom. The zero-order chi connectivity index (χ0) is 15.0. The number of rotatable bonds is 2. The number of H-pyrrole nitrogens is 1. The molecule has 0 fully saturated rings. The highest BCUT2D eigenvalue weighted by molar-refractivity contribution is 6.30. The van der Waals surface area contributed by atoms with Gasteiger partial charge in [0.1, 0.15) is 11.6 Å². The van der Waals surface area contributed by atoms with Crippen LogP contribution in [0.25, 0.3) is 22.4 Å². The molecule has 0 amide bonds. The Morgan fingerprint density at radius 1 is 1.10 bits per heavy atom. The molecule has 0 saturated carbocycles. The minimum atomic E-state index is -0.702. The summed E-state index contributed by atoms with van der Waals surface area (Å²) in [6.07, 6.45) is 0. The first-order valence-electron chi connectivity index (χ1n) is 6.11. The fraction of sp³-hybridized carbons (Fsp3) is 0. The molecule has 106 valence electrons. The van der Waals surface area contributed by atoms with Gasteiger partial charge in [0.25, 0.3) is 0 Å². The van der Waals surface area contributed by atoms with Gasteiger partial charge in [-0.1, -0.05) is 23.7 Å². The van der Waals surface area contributed by atoms with E-state index >= 15 is 0 Å². The molecular weight excluding hydrogens is 296 g/mol. The summed E-state index contributed by atoms with van der Waals surface area (Å²) >= 11 is 5.96. The highest BCUT2D eigenvalue weighted by Crippen LogP contribution is 2.36. The number of benzene rings is 2. The lowest BCUT2D eigenvalue weighted by atomic mass is 10.0. The molecule has 0 atom stereocenters. The van der Waals surface area contributed by atoms with Crippen LogP contribution >= 0.6 is 11.6 Å². The second-order valence-electron chi connectivity index (χ2n) is 4.49. The normalized spacial score (nSPS) is 10.8. The zero-order valence-electron chi connectivity index (χ0n) is 10.7. The minimum absolute atomic E-state index is 0.135. The maximum Gasteiger partial charge on any atom is 0.153 e. The standard InChI is InChI=1S/C15H10ClF2N3/c16-9-3-1-2-8(6-9)14-13(15(19)21-20-14)11-5-4-10(17)7-12(11)18/h1-7H,(H3,19,20,21). The summed E-state index contributed by atoms with van der Waals surface area (Å²) in [5.74, 6) is -1.22. The van der Waals surface area contributed by atoms with E-state index in [0.717, 1.165) is 6.07 Å². The van der Waals surface area contributed by atoms with Crippen molar-refractivity contribution in [3.05, 3.63) is 59.1 Å². The first kappa shape index (κ1) is 13.6. The van der Waals surface area contributed by atoms with Gasteiger partial charge in [-0.2, -0.15) is 5.10 Å². The number of halogens is 3. The Hall–Kier alpha value is -2.40. The van der Waals surface area contributed by atoms with Gasteiger partial charge in [0, 0.05) is 22.2 Å². The van der Waals surface area contributed by atoms with E-state index < -0.39 is 11.6 Å². The number of nitrogens with one attached hydrogen (secondary N) is 1. The van der Waals surface area contributed by atoms with E-state index in [1.165, 1.54) is 12.1 Å². The van der Waals surface area contributed by atoms with Gasteiger partial charge in [0.15, 0.2) is 5.82 Å². The van der Waals surface area contributed by atoms with Crippen LogP contribution in [0.3, 0.4) is 0 Å². The molecule has 0 unspecified atom stereocenters. The molecule has 0 bridgehead atoms. The summed E-state index contributed by atoms with van der Waals surface area (Å²) in [4.78, 5) is 0. The van der Waals surface area contributed by atoms with E-state index in [1.807, 2.05) is 0 Å². The average molecular weight is 306 g/mol. The van der Waals surface area contributed by atoms with E-state index in [2.05, 4.69) is 10.2 Å². The predicted molar refractivity (Wildman–Crippen MR) is 78.8 cm³/mol. The first-order chi connectivity index (χ1) is 10.1. The number of hydrogen-bond acceptors (Lipinski definition) is 2. The molecule has 2 aromatic carbocycles. The number of nitrogens with zero attached hydrogens (tertiary/aromatic N) is 1. The van der Waals surface area contributed by atoms with Crippen molar-refractivity contribution >= 4 is 17.4 Å². The van der Waals surface area contributed by atoms with Gasteiger partial charge in [0.2, 0.25) is 0 Å². The summed E-state index contributed by atoms with van der Waals surface area (Å²) in [5.41, 5.74) is 7.62. The Kier molecular flexibility index (Phi) is 3.35. The molecule has 3 rings (SSSR count). The molecule has 6 heteroatoms. The molecule has 0 saturated heterocycles. The fourth-order valence-electron chi connectivity index (χ4n) is 2.17. The van der Waals surface area contributed by atoms with Crippen LogP contribution in [0, 0.1) is 11.6 Å². The maximum atomic E-state index is 14.0. The molecular formula is C15H10ClF2N3. The van der Waals surface area contributed by atoms with Gasteiger partial charge in [-0.25, -0.2) is 8.78 Å². The highest BCUT2D eigenvalue weighted by atomic mass is 35.5. The monoisotopic (exact) mass is 305 g/mol. The quantitative estimate of drug-likeness (QED) is 0.743. The van der Waals surface area contributed by atoms with Crippen molar-refractivity contribution in [2.45, 2.75) is 0 Å². The lowest BCUT2D eigenvalue weighted by Gasteiger charge is -2.06. The largest absolute Gasteiger partial charge is 0.382 e. The van der Waals surface area contributed by atoms with Gasteiger partial charge in [-0.3, -0.25) is 5.10 Å². The smallest absolute Gasteiger partial charge is 0.153 e. The summed E-state index contributed by atoms with van der Waals surface area (Å²) in [6, 6.07) is 10.3. The van der Waals surface area contributed by atoms with Crippen molar-refractivity contribution in [2.24, 2.45) is 0 Å².